The summed E-state index contributed by atoms with van der Waals surface area (Å²) in [7, 11) is 0. The van der Waals surface area contributed by atoms with E-state index in [1.807, 2.05) is 0 Å². The third kappa shape index (κ3) is 1.37. The van der Waals surface area contributed by atoms with Crippen molar-refractivity contribution in [1.29, 1.82) is 0 Å². The van der Waals surface area contributed by atoms with Crippen molar-refractivity contribution >= 4 is 29.7 Å². The Kier molecular flexibility index (Phi) is 2.22. The molecule has 1 aliphatic heterocycles. The number of nitrogens with two attached hydrogens (primary N) is 1. The first-order valence-electron chi connectivity index (χ1n) is 4.72. The summed E-state index contributed by atoms with van der Waals surface area (Å²) in [6.07, 6.45) is 1.21. The number of aliphatic imine (C=N–C) groups is 1. The molecule has 2 rings (SSSR count). The van der Waals surface area contributed by atoms with Crippen LogP contribution in [0, 0.1) is 5.92 Å². The molecule has 7 heteroatoms. The number of carbonyl (C=O) groups is 1. The van der Waals surface area contributed by atoms with Gasteiger partial charge in [-0.1, -0.05) is 13.8 Å². The highest BCUT2D eigenvalue weighted by Crippen LogP contribution is 2.22. The molecule has 0 aromatic carbocycles. The standard InChI is InChI=1S/C9H10N5O2/c1-4(2)7(15)14-8(16)5-6(12-3-11-5)13-9(14)10/h3-4H,1-2H3,(H2,10,13). The second-order valence-electron chi connectivity index (χ2n) is 3.65. The number of nitrogens with zero attached hydrogens (tertiary/aromatic N) is 4. The first-order valence-corrected chi connectivity index (χ1v) is 4.72. The molecule has 0 bridgehead atoms. The summed E-state index contributed by atoms with van der Waals surface area (Å²) in [6.45, 7) is 3.35. The maximum atomic E-state index is 11.9. The molecule has 0 spiro atoms. The van der Waals surface area contributed by atoms with E-state index in [0.717, 1.165) is 4.57 Å². The predicted octanol–water partition coefficient (Wildman–Crippen LogP) is 0.0310. The number of aromatic nitrogens is 2. The van der Waals surface area contributed by atoms with Crippen LogP contribution in [0.25, 0.3) is 0 Å². The van der Waals surface area contributed by atoms with Gasteiger partial charge in [0.2, 0.25) is 11.9 Å². The number of anilines is 1. The zero-order chi connectivity index (χ0) is 11.9. The van der Waals surface area contributed by atoms with E-state index in [4.69, 9.17) is 5.73 Å². The Labute approximate surface area is 91.0 Å². The van der Waals surface area contributed by atoms with Crippen LogP contribution in [-0.2, 0) is 0 Å². The molecule has 2 N–H and O–H groups in total. The summed E-state index contributed by atoms with van der Waals surface area (Å²) < 4.78 is 0.835. The van der Waals surface area contributed by atoms with Crippen LogP contribution in [0.5, 0.6) is 0 Å². The molecule has 0 saturated carbocycles. The van der Waals surface area contributed by atoms with Gasteiger partial charge in [-0.2, -0.15) is 4.98 Å². The van der Waals surface area contributed by atoms with E-state index in [9.17, 15) is 9.59 Å². The van der Waals surface area contributed by atoms with Crippen molar-refractivity contribution in [3.05, 3.63) is 10.4 Å². The SMILES string of the molecule is CC(C)C(=O)n1c(N)nc2c(c1=O)N=C[N]2. The lowest BCUT2D eigenvalue weighted by atomic mass is 10.2. The Morgan fingerprint density at radius 3 is 2.81 bits per heavy atom. The predicted molar refractivity (Wildman–Crippen MR) is 58.3 cm³/mol. The summed E-state index contributed by atoms with van der Waals surface area (Å²) >= 11 is 0. The van der Waals surface area contributed by atoms with Crippen LogP contribution in [0.2, 0.25) is 0 Å². The molecule has 1 aliphatic rings. The Morgan fingerprint density at radius 2 is 2.19 bits per heavy atom. The number of hydrogen-bond acceptors (Lipinski definition) is 5. The van der Waals surface area contributed by atoms with Crippen LogP contribution < -0.4 is 16.6 Å². The van der Waals surface area contributed by atoms with Gasteiger partial charge in [0.25, 0.3) is 5.56 Å². The van der Waals surface area contributed by atoms with Crippen molar-refractivity contribution in [3.63, 3.8) is 0 Å². The summed E-state index contributed by atoms with van der Waals surface area (Å²) in [6, 6.07) is 0. The van der Waals surface area contributed by atoms with Gasteiger partial charge in [-0.25, -0.2) is 14.9 Å². The number of fused-ring (bicyclic) bond motifs is 1. The fraction of sp³-hybridized carbons (Fsp3) is 0.333. The summed E-state index contributed by atoms with van der Waals surface area (Å²) in [5, 5.41) is 3.76. The van der Waals surface area contributed by atoms with Gasteiger partial charge in [0.1, 0.15) is 6.34 Å². The Morgan fingerprint density at radius 1 is 1.50 bits per heavy atom. The summed E-state index contributed by atoms with van der Waals surface area (Å²) in [4.78, 5) is 31.2. The maximum absolute atomic E-state index is 11.9. The molecule has 0 unspecified atom stereocenters. The third-order valence-corrected chi connectivity index (χ3v) is 2.15. The van der Waals surface area contributed by atoms with Gasteiger partial charge in [-0.15, -0.1) is 0 Å². The highest BCUT2D eigenvalue weighted by Gasteiger charge is 2.23. The van der Waals surface area contributed by atoms with Gasteiger partial charge >= 0.3 is 0 Å². The molecule has 7 nitrogen and oxygen atoms in total. The number of nitrogen functional groups attached to an aromatic ring is 1. The second-order valence-corrected chi connectivity index (χ2v) is 3.65. The number of carbonyl (C=O) groups excluding carboxylic acids is 1. The van der Waals surface area contributed by atoms with Gasteiger partial charge in [0.05, 0.1) is 0 Å². The lowest BCUT2D eigenvalue weighted by Crippen LogP contribution is -2.32. The number of hydrogen-bond donors (Lipinski definition) is 1. The molecule has 83 valence electrons. The van der Waals surface area contributed by atoms with Gasteiger partial charge in [0.15, 0.2) is 11.5 Å². The number of rotatable bonds is 1. The zero-order valence-electron chi connectivity index (χ0n) is 8.84. The highest BCUT2D eigenvalue weighted by molar-refractivity contribution is 5.86. The molecular formula is C9H10N5O2. The van der Waals surface area contributed by atoms with E-state index in [2.05, 4.69) is 15.3 Å². The van der Waals surface area contributed by atoms with Gasteiger partial charge in [-0.3, -0.25) is 9.59 Å². The molecule has 2 heterocycles. The monoisotopic (exact) mass is 220 g/mol. The van der Waals surface area contributed by atoms with Crippen molar-refractivity contribution in [2.24, 2.45) is 10.9 Å². The third-order valence-electron chi connectivity index (χ3n) is 2.15. The highest BCUT2D eigenvalue weighted by atomic mass is 16.2. The molecule has 1 aromatic rings. The minimum absolute atomic E-state index is 0.0585. The zero-order valence-corrected chi connectivity index (χ0v) is 8.84. The van der Waals surface area contributed by atoms with Crippen molar-refractivity contribution in [1.82, 2.24) is 14.9 Å². The van der Waals surface area contributed by atoms with Crippen LogP contribution >= 0.6 is 0 Å². The van der Waals surface area contributed by atoms with E-state index >= 15 is 0 Å². The quantitative estimate of drug-likeness (QED) is 0.720. The van der Waals surface area contributed by atoms with Crippen LogP contribution in [0.15, 0.2) is 9.79 Å². The Hall–Kier alpha value is -2.18. The van der Waals surface area contributed by atoms with Gasteiger partial charge in [-0.05, 0) is 0 Å². The van der Waals surface area contributed by atoms with Crippen LogP contribution in [0.3, 0.4) is 0 Å². The van der Waals surface area contributed by atoms with E-state index in [1.54, 1.807) is 13.8 Å². The molecule has 1 aromatic heterocycles. The fourth-order valence-corrected chi connectivity index (χ4v) is 1.33. The smallest absolute Gasteiger partial charge is 0.290 e. The van der Waals surface area contributed by atoms with Crippen molar-refractivity contribution in [2.45, 2.75) is 13.8 Å². The van der Waals surface area contributed by atoms with E-state index < -0.39 is 11.5 Å². The average molecular weight is 220 g/mol. The fourth-order valence-electron chi connectivity index (χ4n) is 1.33. The Bertz CT molecular complexity index is 544. The first kappa shape index (κ1) is 10.3. The van der Waals surface area contributed by atoms with E-state index in [1.165, 1.54) is 6.34 Å². The minimum Gasteiger partial charge on any atom is -0.369 e. The van der Waals surface area contributed by atoms with Crippen molar-refractivity contribution in [3.8, 4) is 0 Å². The molecule has 0 atom stereocenters. The lowest BCUT2D eigenvalue weighted by molar-refractivity contribution is 0.0853. The maximum Gasteiger partial charge on any atom is 0.290 e. The van der Waals surface area contributed by atoms with Crippen molar-refractivity contribution in [2.75, 3.05) is 5.73 Å². The summed E-state index contributed by atoms with van der Waals surface area (Å²) in [5.74, 6) is -0.742. The molecule has 0 aliphatic carbocycles. The first-order chi connectivity index (χ1) is 7.52. The van der Waals surface area contributed by atoms with Gasteiger partial charge in [0, 0.05) is 5.92 Å². The second kappa shape index (κ2) is 3.44. The average Bonchev–Trinajstić information content (AvgIpc) is 2.65. The molecule has 0 saturated heterocycles. The van der Waals surface area contributed by atoms with E-state index in [0.29, 0.717) is 0 Å². The van der Waals surface area contributed by atoms with Crippen molar-refractivity contribution < 1.29 is 4.79 Å². The Balaban J connectivity index is 2.67. The molecule has 0 amide bonds. The molecule has 0 fully saturated rings. The van der Waals surface area contributed by atoms with Gasteiger partial charge < -0.3 is 5.73 Å². The molecular weight excluding hydrogens is 210 g/mol. The van der Waals surface area contributed by atoms with E-state index in [-0.39, 0.29) is 23.4 Å². The minimum atomic E-state index is -0.571. The largest absolute Gasteiger partial charge is 0.369 e. The normalized spacial score (nSPS) is 12.7. The lowest BCUT2D eigenvalue weighted by Gasteiger charge is -2.10. The molecule has 16 heavy (non-hydrogen) atoms. The van der Waals surface area contributed by atoms with Crippen LogP contribution in [-0.4, -0.2) is 21.8 Å². The summed E-state index contributed by atoms with van der Waals surface area (Å²) in [5.41, 5.74) is 5.04. The van der Waals surface area contributed by atoms with Crippen LogP contribution in [0.1, 0.15) is 18.6 Å². The topological polar surface area (TPSA) is 104 Å². The van der Waals surface area contributed by atoms with Crippen LogP contribution in [0.4, 0.5) is 17.5 Å². The molecule has 1 radical (unpaired) electrons.